The fraction of sp³-hybridized carbons (Fsp3) is 0.696. The lowest BCUT2D eigenvalue weighted by molar-refractivity contribution is 0.0657. The summed E-state index contributed by atoms with van der Waals surface area (Å²) in [5, 5.41) is 6.90. The van der Waals surface area contributed by atoms with E-state index in [0.717, 1.165) is 32.0 Å². The largest absolute Gasteiger partial charge is 0.374 e. The smallest absolute Gasteiger partial charge is 0.191 e. The van der Waals surface area contributed by atoms with E-state index in [9.17, 15) is 0 Å². The van der Waals surface area contributed by atoms with Gasteiger partial charge >= 0.3 is 0 Å². The Morgan fingerprint density at radius 2 is 1.66 bits per heavy atom. The molecule has 5 nitrogen and oxygen atoms in total. The Hall–Kier alpha value is -0.860. The molecule has 0 saturated heterocycles. The molecular formula is C23H43IN4O. The third kappa shape index (κ3) is 13.1. The zero-order chi connectivity index (χ0) is 20.8. The van der Waals surface area contributed by atoms with Crippen molar-refractivity contribution in [3.63, 3.8) is 0 Å². The number of ether oxygens (including phenoxy) is 1. The number of hydrogen-bond acceptors (Lipinski definition) is 3. The molecule has 0 bridgehead atoms. The molecule has 0 radical (unpaired) electrons. The van der Waals surface area contributed by atoms with Crippen molar-refractivity contribution >= 4 is 29.9 Å². The van der Waals surface area contributed by atoms with Crippen LogP contribution in [-0.2, 0) is 17.9 Å². The number of guanidine groups is 1. The molecule has 29 heavy (non-hydrogen) atoms. The first-order chi connectivity index (χ1) is 13.5. The highest BCUT2D eigenvalue weighted by molar-refractivity contribution is 14.0. The van der Waals surface area contributed by atoms with Gasteiger partial charge < -0.3 is 20.3 Å². The lowest BCUT2D eigenvalue weighted by Gasteiger charge is -2.21. The van der Waals surface area contributed by atoms with Gasteiger partial charge in [-0.1, -0.05) is 38.1 Å². The van der Waals surface area contributed by atoms with E-state index in [2.05, 4.69) is 81.3 Å². The molecule has 6 heteroatoms. The Kier molecular flexibility index (Phi) is 16.4. The summed E-state index contributed by atoms with van der Waals surface area (Å²) in [6, 6.07) is 8.94. The maximum Gasteiger partial charge on any atom is 0.191 e. The van der Waals surface area contributed by atoms with Gasteiger partial charge in [0.2, 0.25) is 0 Å². The van der Waals surface area contributed by atoms with Crippen LogP contribution in [-0.4, -0.2) is 49.2 Å². The number of rotatable bonds is 13. The minimum atomic E-state index is 0. The minimum Gasteiger partial charge on any atom is -0.374 e. The number of halogens is 1. The average Bonchev–Trinajstić information content (AvgIpc) is 2.68. The summed E-state index contributed by atoms with van der Waals surface area (Å²) in [5.74, 6) is 0.894. The van der Waals surface area contributed by atoms with Crippen LogP contribution in [0.15, 0.2) is 29.3 Å². The van der Waals surface area contributed by atoms with Crippen molar-refractivity contribution in [1.82, 2.24) is 15.5 Å². The van der Waals surface area contributed by atoms with Gasteiger partial charge in [-0.25, -0.2) is 4.99 Å². The van der Waals surface area contributed by atoms with Gasteiger partial charge in [0.05, 0.1) is 19.3 Å². The zero-order valence-corrected chi connectivity index (χ0v) is 21.7. The molecule has 1 unspecified atom stereocenters. The van der Waals surface area contributed by atoms with Crippen LogP contribution in [0.25, 0.3) is 0 Å². The second-order valence-electron chi connectivity index (χ2n) is 7.59. The molecule has 1 atom stereocenters. The number of nitrogens with one attached hydrogen (secondary N) is 2. The van der Waals surface area contributed by atoms with Crippen LogP contribution in [0, 0.1) is 0 Å². The van der Waals surface area contributed by atoms with Crippen molar-refractivity contribution in [2.75, 3.05) is 26.2 Å². The van der Waals surface area contributed by atoms with Crippen LogP contribution < -0.4 is 10.6 Å². The Bertz CT molecular complexity index is 544. The molecule has 0 heterocycles. The first kappa shape index (κ1) is 28.1. The van der Waals surface area contributed by atoms with Crippen molar-refractivity contribution in [3.05, 3.63) is 35.4 Å². The summed E-state index contributed by atoms with van der Waals surface area (Å²) in [6.07, 6.45) is 2.60. The van der Waals surface area contributed by atoms with Gasteiger partial charge in [0.1, 0.15) is 0 Å². The average molecular weight is 519 g/mol. The number of aliphatic imine (C=N–C) groups is 1. The maximum atomic E-state index is 5.65. The molecule has 0 saturated carbocycles. The van der Waals surface area contributed by atoms with Gasteiger partial charge in [0.15, 0.2) is 5.96 Å². The van der Waals surface area contributed by atoms with Crippen molar-refractivity contribution in [2.45, 2.75) is 79.7 Å². The topological polar surface area (TPSA) is 48.9 Å². The van der Waals surface area contributed by atoms with Gasteiger partial charge in [-0.05, 0) is 71.3 Å². The van der Waals surface area contributed by atoms with Gasteiger partial charge in [0.25, 0.3) is 0 Å². The zero-order valence-electron chi connectivity index (χ0n) is 19.3. The van der Waals surface area contributed by atoms with E-state index in [1.165, 1.54) is 24.1 Å². The SMILES string of the molecule is CCNC(=NCc1ccc(COC(C)C)cc1)NC(C)CCCN(CC)CC.I. The quantitative estimate of drug-likeness (QED) is 0.224. The lowest BCUT2D eigenvalue weighted by atomic mass is 10.1. The van der Waals surface area contributed by atoms with E-state index in [4.69, 9.17) is 9.73 Å². The molecule has 0 aliphatic heterocycles. The first-order valence-electron chi connectivity index (χ1n) is 10.9. The molecular weight excluding hydrogens is 475 g/mol. The summed E-state index contributed by atoms with van der Waals surface area (Å²) in [7, 11) is 0. The predicted molar refractivity (Wildman–Crippen MR) is 136 cm³/mol. The summed E-state index contributed by atoms with van der Waals surface area (Å²) >= 11 is 0. The highest BCUT2D eigenvalue weighted by Gasteiger charge is 2.07. The van der Waals surface area contributed by atoms with Crippen LogP contribution >= 0.6 is 24.0 Å². The Morgan fingerprint density at radius 3 is 2.21 bits per heavy atom. The van der Waals surface area contributed by atoms with Crippen molar-refractivity contribution in [1.29, 1.82) is 0 Å². The Morgan fingerprint density at radius 1 is 1.03 bits per heavy atom. The summed E-state index contributed by atoms with van der Waals surface area (Å²) in [4.78, 5) is 7.23. The van der Waals surface area contributed by atoms with E-state index in [1.807, 2.05) is 0 Å². The van der Waals surface area contributed by atoms with E-state index in [0.29, 0.717) is 19.2 Å². The third-order valence-electron chi connectivity index (χ3n) is 4.76. The molecule has 2 N–H and O–H groups in total. The second-order valence-corrected chi connectivity index (χ2v) is 7.59. The van der Waals surface area contributed by atoms with Gasteiger partial charge in [-0.15, -0.1) is 24.0 Å². The number of hydrogen-bond donors (Lipinski definition) is 2. The summed E-state index contributed by atoms with van der Waals surface area (Å²) in [6.45, 7) is 18.5. The fourth-order valence-corrected chi connectivity index (χ4v) is 2.96. The van der Waals surface area contributed by atoms with E-state index in [-0.39, 0.29) is 30.1 Å². The molecule has 0 spiro atoms. The lowest BCUT2D eigenvalue weighted by Crippen LogP contribution is -2.42. The predicted octanol–water partition coefficient (Wildman–Crippen LogP) is 4.80. The summed E-state index contributed by atoms with van der Waals surface area (Å²) < 4.78 is 5.65. The van der Waals surface area contributed by atoms with Crippen LogP contribution in [0.4, 0.5) is 0 Å². The highest BCUT2D eigenvalue weighted by atomic mass is 127. The monoisotopic (exact) mass is 518 g/mol. The number of nitrogens with zero attached hydrogens (tertiary/aromatic N) is 2. The molecule has 0 fully saturated rings. The number of benzene rings is 1. The summed E-state index contributed by atoms with van der Waals surface area (Å²) in [5.41, 5.74) is 2.41. The van der Waals surface area contributed by atoms with Crippen LogP contribution in [0.1, 0.15) is 65.5 Å². The first-order valence-corrected chi connectivity index (χ1v) is 10.9. The normalized spacial score (nSPS) is 12.8. The van der Waals surface area contributed by atoms with Gasteiger partial charge in [-0.2, -0.15) is 0 Å². The van der Waals surface area contributed by atoms with E-state index >= 15 is 0 Å². The standard InChI is InChI=1S/C23H42N4O.HI/c1-7-24-23(26-20(6)11-10-16-27(8-2)9-3)25-17-21-12-14-22(15-13-21)18-28-19(4)5;/h12-15,19-20H,7-11,16-18H2,1-6H3,(H2,24,25,26);1H. The van der Waals surface area contributed by atoms with Crippen molar-refractivity contribution in [3.8, 4) is 0 Å². The molecule has 0 aromatic heterocycles. The van der Waals surface area contributed by atoms with Crippen molar-refractivity contribution in [2.24, 2.45) is 4.99 Å². The maximum absolute atomic E-state index is 5.65. The van der Waals surface area contributed by atoms with Crippen LogP contribution in [0.5, 0.6) is 0 Å². The van der Waals surface area contributed by atoms with Gasteiger partial charge in [-0.3, -0.25) is 0 Å². The van der Waals surface area contributed by atoms with Crippen molar-refractivity contribution < 1.29 is 4.74 Å². The van der Waals surface area contributed by atoms with E-state index in [1.54, 1.807) is 0 Å². The Balaban J connectivity index is 0.00000784. The molecule has 1 aromatic carbocycles. The fourth-order valence-electron chi connectivity index (χ4n) is 2.96. The minimum absolute atomic E-state index is 0. The molecule has 0 amide bonds. The van der Waals surface area contributed by atoms with Crippen LogP contribution in [0.3, 0.4) is 0 Å². The molecule has 1 aromatic rings. The molecule has 1 rings (SSSR count). The second kappa shape index (κ2) is 16.9. The van der Waals surface area contributed by atoms with Gasteiger partial charge in [0, 0.05) is 12.6 Å². The van der Waals surface area contributed by atoms with E-state index < -0.39 is 0 Å². The van der Waals surface area contributed by atoms with Crippen LogP contribution in [0.2, 0.25) is 0 Å². The highest BCUT2D eigenvalue weighted by Crippen LogP contribution is 2.08. The Labute approximate surface area is 196 Å². The molecule has 0 aliphatic rings. The molecule has 168 valence electrons. The molecule has 0 aliphatic carbocycles. The third-order valence-corrected chi connectivity index (χ3v) is 4.76.